The Kier molecular flexibility index (Phi) is 4.12. The Morgan fingerprint density at radius 3 is 2.78 bits per heavy atom. The van der Waals surface area contributed by atoms with Crippen LogP contribution < -0.4 is 5.32 Å². The van der Waals surface area contributed by atoms with Gasteiger partial charge in [0, 0.05) is 34.4 Å². The zero-order valence-corrected chi connectivity index (χ0v) is 12.6. The van der Waals surface area contributed by atoms with Gasteiger partial charge in [-0.05, 0) is 36.4 Å². The molecule has 3 rings (SSSR count). The summed E-state index contributed by atoms with van der Waals surface area (Å²) in [7, 11) is 0. The molecular formula is C17H12ClFN2O2. The van der Waals surface area contributed by atoms with Crippen molar-refractivity contribution in [2.24, 2.45) is 0 Å². The van der Waals surface area contributed by atoms with E-state index >= 15 is 0 Å². The fourth-order valence-electron chi connectivity index (χ4n) is 2.31. The third kappa shape index (κ3) is 3.24. The second kappa shape index (κ2) is 6.22. The minimum atomic E-state index is -1.02. The molecule has 0 spiro atoms. The molecule has 1 aromatic heterocycles. The number of hydrogen-bond acceptors (Lipinski definition) is 3. The average Bonchev–Trinajstić information content (AvgIpc) is 2.53. The number of carboxylic acids is 1. The van der Waals surface area contributed by atoms with Crippen LogP contribution in [-0.2, 0) is 6.54 Å². The van der Waals surface area contributed by atoms with Crippen LogP contribution in [0, 0.1) is 5.82 Å². The van der Waals surface area contributed by atoms with Crippen molar-refractivity contribution in [3.05, 3.63) is 70.6 Å². The highest BCUT2D eigenvalue weighted by atomic mass is 35.5. The van der Waals surface area contributed by atoms with Gasteiger partial charge in [-0.25, -0.2) is 9.18 Å². The summed E-state index contributed by atoms with van der Waals surface area (Å²) in [6.07, 6.45) is 1.46. The number of hydrogen-bond donors (Lipinski definition) is 2. The highest BCUT2D eigenvalue weighted by Gasteiger charge is 2.10. The van der Waals surface area contributed by atoms with E-state index in [1.54, 1.807) is 30.3 Å². The third-order valence-corrected chi connectivity index (χ3v) is 3.71. The molecule has 1 heterocycles. The van der Waals surface area contributed by atoms with E-state index in [1.165, 1.54) is 18.3 Å². The molecule has 6 heteroatoms. The Balaban J connectivity index is 1.88. The van der Waals surface area contributed by atoms with Gasteiger partial charge < -0.3 is 10.4 Å². The summed E-state index contributed by atoms with van der Waals surface area (Å²) in [5.74, 6) is -1.41. The van der Waals surface area contributed by atoms with Crippen LogP contribution in [0.5, 0.6) is 0 Å². The number of anilines is 1. The van der Waals surface area contributed by atoms with Gasteiger partial charge >= 0.3 is 5.97 Å². The Bertz CT molecular complexity index is 899. The lowest BCUT2D eigenvalue weighted by Gasteiger charge is -2.09. The van der Waals surface area contributed by atoms with E-state index in [0.29, 0.717) is 27.2 Å². The highest BCUT2D eigenvalue weighted by molar-refractivity contribution is 6.30. The average molecular weight is 331 g/mol. The van der Waals surface area contributed by atoms with E-state index in [0.717, 1.165) is 0 Å². The molecule has 2 aromatic carbocycles. The van der Waals surface area contributed by atoms with Gasteiger partial charge in [-0.2, -0.15) is 0 Å². The molecule has 0 aliphatic heterocycles. The number of aromatic carboxylic acids is 1. The smallest absolute Gasteiger partial charge is 0.336 e. The number of nitrogens with zero attached hydrogens (tertiary/aromatic N) is 1. The van der Waals surface area contributed by atoms with Crippen molar-refractivity contribution in [3.8, 4) is 0 Å². The van der Waals surface area contributed by atoms with Gasteiger partial charge in [-0.3, -0.25) is 4.98 Å². The molecule has 0 saturated carbocycles. The van der Waals surface area contributed by atoms with E-state index in [4.69, 9.17) is 11.6 Å². The van der Waals surface area contributed by atoms with Crippen LogP contribution in [0.3, 0.4) is 0 Å². The van der Waals surface area contributed by atoms with Gasteiger partial charge in [-0.1, -0.05) is 17.7 Å². The monoisotopic (exact) mass is 330 g/mol. The zero-order chi connectivity index (χ0) is 16.4. The highest BCUT2D eigenvalue weighted by Crippen LogP contribution is 2.22. The summed E-state index contributed by atoms with van der Waals surface area (Å²) in [5.41, 5.74) is 1.92. The number of rotatable bonds is 4. The largest absolute Gasteiger partial charge is 0.478 e. The molecule has 0 fully saturated rings. The molecule has 0 saturated heterocycles. The van der Waals surface area contributed by atoms with E-state index in [2.05, 4.69) is 10.3 Å². The Morgan fingerprint density at radius 1 is 1.22 bits per heavy atom. The van der Waals surface area contributed by atoms with Crippen LogP contribution in [-0.4, -0.2) is 16.1 Å². The Hall–Kier alpha value is -2.66. The molecule has 116 valence electrons. The van der Waals surface area contributed by atoms with Crippen LogP contribution >= 0.6 is 11.6 Å². The Morgan fingerprint density at radius 2 is 2.04 bits per heavy atom. The van der Waals surface area contributed by atoms with Crippen molar-refractivity contribution in [1.29, 1.82) is 0 Å². The number of fused-ring (bicyclic) bond motifs is 1. The minimum Gasteiger partial charge on any atom is -0.478 e. The summed E-state index contributed by atoms with van der Waals surface area (Å²) in [4.78, 5) is 15.4. The quantitative estimate of drug-likeness (QED) is 0.747. The van der Waals surface area contributed by atoms with Crippen LogP contribution in [0.2, 0.25) is 5.02 Å². The molecular weight excluding hydrogens is 319 g/mol. The SMILES string of the molecule is O=C(O)c1ccnc2ccc(NCc3ccc(Cl)cc3F)cc12. The maximum Gasteiger partial charge on any atom is 0.336 e. The predicted molar refractivity (Wildman–Crippen MR) is 87.4 cm³/mol. The minimum absolute atomic E-state index is 0.177. The van der Waals surface area contributed by atoms with Crippen molar-refractivity contribution in [2.75, 3.05) is 5.32 Å². The van der Waals surface area contributed by atoms with E-state index in [1.807, 2.05) is 0 Å². The van der Waals surface area contributed by atoms with Crippen molar-refractivity contribution in [3.63, 3.8) is 0 Å². The first kappa shape index (κ1) is 15.2. The number of pyridine rings is 1. The lowest BCUT2D eigenvalue weighted by molar-refractivity contribution is 0.0699. The number of carbonyl (C=O) groups is 1. The van der Waals surface area contributed by atoms with Gasteiger partial charge in [0.25, 0.3) is 0 Å². The lowest BCUT2D eigenvalue weighted by Crippen LogP contribution is -2.03. The maximum atomic E-state index is 13.8. The topological polar surface area (TPSA) is 62.2 Å². The number of benzene rings is 2. The second-order valence-electron chi connectivity index (χ2n) is 4.98. The van der Waals surface area contributed by atoms with Gasteiger partial charge in [0.2, 0.25) is 0 Å². The van der Waals surface area contributed by atoms with Crippen molar-refractivity contribution in [2.45, 2.75) is 6.54 Å². The molecule has 0 aliphatic carbocycles. The number of halogens is 2. The molecule has 0 unspecified atom stereocenters. The normalized spacial score (nSPS) is 10.7. The molecule has 23 heavy (non-hydrogen) atoms. The molecule has 0 atom stereocenters. The lowest BCUT2D eigenvalue weighted by atomic mass is 10.1. The van der Waals surface area contributed by atoms with Crippen molar-refractivity contribution in [1.82, 2.24) is 4.98 Å². The molecule has 3 aromatic rings. The van der Waals surface area contributed by atoms with Crippen LogP contribution in [0.4, 0.5) is 10.1 Å². The zero-order valence-electron chi connectivity index (χ0n) is 11.9. The summed E-state index contributed by atoms with van der Waals surface area (Å²) < 4.78 is 13.8. The van der Waals surface area contributed by atoms with Gasteiger partial charge in [0.15, 0.2) is 0 Å². The Labute approximate surface area is 136 Å². The summed E-state index contributed by atoms with van der Waals surface area (Å²) in [6, 6.07) is 11.1. The third-order valence-electron chi connectivity index (χ3n) is 3.47. The van der Waals surface area contributed by atoms with Gasteiger partial charge in [-0.15, -0.1) is 0 Å². The van der Waals surface area contributed by atoms with Crippen molar-refractivity contribution >= 4 is 34.2 Å². The van der Waals surface area contributed by atoms with E-state index < -0.39 is 11.8 Å². The van der Waals surface area contributed by atoms with Gasteiger partial charge in [0.1, 0.15) is 5.82 Å². The standard InChI is InChI=1S/C17H12ClFN2O2/c18-11-2-1-10(15(19)7-11)9-21-12-3-4-16-14(8-12)13(17(22)23)5-6-20-16/h1-8,21H,9H2,(H,22,23). The summed E-state index contributed by atoms with van der Waals surface area (Å²) in [6.45, 7) is 0.261. The van der Waals surface area contributed by atoms with Crippen molar-refractivity contribution < 1.29 is 14.3 Å². The van der Waals surface area contributed by atoms with E-state index in [-0.39, 0.29) is 12.1 Å². The molecule has 2 N–H and O–H groups in total. The number of nitrogens with one attached hydrogen (secondary N) is 1. The van der Waals surface area contributed by atoms with Crippen LogP contribution in [0.15, 0.2) is 48.7 Å². The fraction of sp³-hybridized carbons (Fsp3) is 0.0588. The summed E-state index contributed by atoms with van der Waals surface area (Å²) >= 11 is 5.72. The number of aromatic nitrogens is 1. The molecule has 0 radical (unpaired) electrons. The fourth-order valence-corrected chi connectivity index (χ4v) is 2.46. The summed E-state index contributed by atoms with van der Waals surface area (Å²) in [5, 5.41) is 13.2. The molecule has 4 nitrogen and oxygen atoms in total. The molecule has 0 amide bonds. The molecule has 0 bridgehead atoms. The second-order valence-corrected chi connectivity index (χ2v) is 5.42. The molecule has 0 aliphatic rings. The van der Waals surface area contributed by atoms with E-state index in [9.17, 15) is 14.3 Å². The first-order chi connectivity index (χ1) is 11.0. The first-order valence-corrected chi connectivity index (χ1v) is 7.22. The van der Waals surface area contributed by atoms with Crippen LogP contribution in [0.1, 0.15) is 15.9 Å². The van der Waals surface area contributed by atoms with Crippen LogP contribution in [0.25, 0.3) is 10.9 Å². The first-order valence-electron chi connectivity index (χ1n) is 6.84. The number of carboxylic acid groups (broad SMARTS) is 1. The van der Waals surface area contributed by atoms with Gasteiger partial charge in [0.05, 0.1) is 11.1 Å². The maximum absolute atomic E-state index is 13.8. The predicted octanol–water partition coefficient (Wildman–Crippen LogP) is 4.34.